The molecule has 0 aliphatic heterocycles. The first-order valence-corrected chi connectivity index (χ1v) is 9.83. The van der Waals surface area contributed by atoms with E-state index in [0.29, 0.717) is 29.0 Å². The van der Waals surface area contributed by atoms with Crippen molar-refractivity contribution in [3.05, 3.63) is 52.9 Å². The number of nitrogens with one attached hydrogen (secondary N) is 2. The van der Waals surface area contributed by atoms with Gasteiger partial charge in [0.15, 0.2) is 5.69 Å². The average molecular weight is 422 g/mol. The molecule has 2 heterocycles. The number of imidazole rings is 1. The molecular weight excluding hydrogens is 399 g/mol. The van der Waals surface area contributed by atoms with E-state index in [1.807, 2.05) is 6.92 Å². The molecule has 1 aromatic carbocycles. The summed E-state index contributed by atoms with van der Waals surface area (Å²) in [6, 6.07) is 5.63. The maximum Gasteiger partial charge on any atom is 0.271 e. The number of halogens is 1. The topological polar surface area (TPSA) is 127 Å². The van der Waals surface area contributed by atoms with Gasteiger partial charge in [-0.1, -0.05) is 19.8 Å². The van der Waals surface area contributed by atoms with Crippen molar-refractivity contribution in [3.63, 3.8) is 0 Å². The molecule has 0 bridgehead atoms. The number of aromatic amines is 1. The summed E-state index contributed by atoms with van der Waals surface area (Å²) in [6.07, 6.45) is 1.43. The van der Waals surface area contributed by atoms with E-state index in [1.165, 1.54) is 13.1 Å². The second-order valence-corrected chi connectivity index (χ2v) is 7.33. The quantitative estimate of drug-likeness (QED) is 0.526. The molecule has 0 fully saturated rings. The lowest BCUT2D eigenvalue weighted by Crippen LogP contribution is -2.19. The number of H-pyrrole nitrogens is 1. The number of hydrogen-bond acceptors (Lipinski definition) is 5. The van der Waals surface area contributed by atoms with Crippen LogP contribution < -0.4 is 11.1 Å². The number of fused-ring (bicyclic) bond motifs is 1. The number of hydrogen-bond donors (Lipinski definition) is 3. The summed E-state index contributed by atoms with van der Waals surface area (Å²) in [5, 5.41) is 10.3. The van der Waals surface area contributed by atoms with Crippen molar-refractivity contribution in [1.29, 1.82) is 0 Å². The highest BCUT2D eigenvalue weighted by Gasteiger charge is 2.20. The summed E-state index contributed by atoms with van der Waals surface area (Å²) in [4.78, 5) is 30.7. The van der Waals surface area contributed by atoms with E-state index in [1.54, 1.807) is 12.1 Å². The van der Waals surface area contributed by atoms with Gasteiger partial charge in [0, 0.05) is 19.4 Å². The fourth-order valence-electron chi connectivity index (χ4n) is 3.13. The predicted molar refractivity (Wildman–Crippen MR) is 114 cm³/mol. The first-order valence-electron chi connectivity index (χ1n) is 9.83. The van der Waals surface area contributed by atoms with Gasteiger partial charge in [-0.05, 0) is 42.5 Å². The number of nitrogens with two attached hydrogens (primary N) is 1. The third-order valence-electron chi connectivity index (χ3n) is 5.19. The van der Waals surface area contributed by atoms with Crippen LogP contribution in [0.2, 0.25) is 0 Å². The SMILES string of the molecule is CNC(=O)c1ccc(C#CCCC(C)C(C)c2nc3c(C(N)=O)cc(F)cc3[nH]2)nn1. The lowest BCUT2D eigenvalue weighted by Gasteiger charge is -2.16. The van der Waals surface area contributed by atoms with E-state index in [0.717, 1.165) is 12.5 Å². The highest BCUT2D eigenvalue weighted by Crippen LogP contribution is 2.28. The summed E-state index contributed by atoms with van der Waals surface area (Å²) in [5.74, 6) is 5.36. The van der Waals surface area contributed by atoms with Crippen LogP contribution >= 0.6 is 0 Å². The number of amides is 2. The van der Waals surface area contributed by atoms with Gasteiger partial charge in [-0.15, -0.1) is 10.2 Å². The minimum absolute atomic E-state index is 0.0321. The van der Waals surface area contributed by atoms with Crippen molar-refractivity contribution in [2.24, 2.45) is 11.7 Å². The molecule has 0 aliphatic rings. The molecule has 8 nitrogen and oxygen atoms in total. The van der Waals surface area contributed by atoms with Crippen LogP contribution in [0, 0.1) is 23.6 Å². The van der Waals surface area contributed by atoms with Crippen molar-refractivity contribution < 1.29 is 14.0 Å². The van der Waals surface area contributed by atoms with E-state index in [4.69, 9.17) is 5.73 Å². The zero-order valence-corrected chi connectivity index (χ0v) is 17.5. The number of aromatic nitrogens is 4. The Morgan fingerprint density at radius 2 is 2.03 bits per heavy atom. The van der Waals surface area contributed by atoms with Gasteiger partial charge < -0.3 is 16.0 Å². The standard InChI is InChI=1S/C22H23FN6O2/c1-12(6-4-5-7-15-8-9-17(29-28-15)22(31)25-3)13(2)21-26-18-11-14(23)10-16(20(24)30)19(18)27-21/h8-13H,4,6H2,1-3H3,(H2,24,30)(H,25,31)(H,26,27). The Balaban J connectivity index is 1.64. The zero-order valence-electron chi connectivity index (χ0n) is 17.5. The van der Waals surface area contributed by atoms with Gasteiger partial charge in [-0.2, -0.15) is 0 Å². The Labute approximate surface area is 178 Å². The van der Waals surface area contributed by atoms with Crippen LogP contribution in [-0.4, -0.2) is 39.0 Å². The molecule has 3 aromatic rings. The Bertz CT molecular complexity index is 1180. The lowest BCUT2D eigenvalue weighted by atomic mass is 9.91. The average Bonchev–Trinajstić information content (AvgIpc) is 3.18. The largest absolute Gasteiger partial charge is 0.366 e. The van der Waals surface area contributed by atoms with Gasteiger partial charge in [0.1, 0.15) is 22.9 Å². The number of rotatable bonds is 6. The maximum absolute atomic E-state index is 13.8. The van der Waals surface area contributed by atoms with Gasteiger partial charge in [0.05, 0.1) is 11.1 Å². The second kappa shape index (κ2) is 9.34. The zero-order chi connectivity index (χ0) is 22.5. The van der Waals surface area contributed by atoms with Crippen LogP contribution in [0.5, 0.6) is 0 Å². The van der Waals surface area contributed by atoms with Crippen LogP contribution in [0.15, 0.2) is 24.3 Å². The van der Waals surface area contributed by atoms with E-state index < -0.39 is 11.7 Å². The summed E-state index contributed by atoms with van der Waals surface area (Å²) in [6.45, 7) is 4.09. The predicted octanol–water partition coefficient (Wildman–Crippen LogP) is 2.52. The Kier molecular flexibility index (Phi) is 6.60. The third-order valence-corrected chi connectivity index (χ3v) is 5.19. The van der Waals surface area contributed by atoms with Gasteiger partial charge in [0.2, 0.25) is 0 Å². The van der Waals surface area contributed by atoms with Crippen molar-refractivity contribution in [2.75, 3.05) is 7.05 Å². The molecule has 31 heavy (non-hydrogen) atoms. The van der Waals surface area contributed by atoms with Gasteiger partial charge in [-0.25, -0.2) is 9.37 Å². The monoisotopic (exact) mass is 422 g/mol. The molecule has 2 atom stereocenters. The fraction of sp³-hybridized carbons (Fsp3) is 0.318. The second-order valence-electron chi connectivity index (χ2n) is 7.33. The molecule has 2 amide bonds. The normalized spacial score (nSPS) is 12.6. The summed E-state index contributed by atoms with van der Waals surface area (Å²) >= 11 is 0. The van der Waals surface area contributed by atoms with Crippen LogP contribution in [0.3, 0.4) is 0 Å². The smallest absolute Gasteiger partial charge is 0.271 e. The van der Waals surface area contributed by atoms with Crippen molar-refractivity contribution in [3.8, 4) is 11.8 Å². The molecule has 4 N–H and O–H groups in total. The number of primary amides is 1. The number of nitrogens with zero attached hydrogens (tertiary/aromatic N) is 3. The van der Waals surface area contributed by atoms with Crippen LogP contribution in [0.4, 0.5) is 4.39 Å². The molecule has 0 saturated heterocycles. The number of carbonyl (C=O) groups is 2. The summed E-state index contributed by atoms with van der Waals surface area (Å²) < 4.78 is 13.8. The number of benzene rings is 1. The number of carbonyl (C=O) groups excluding carboxylic acids is 2. The Morgan fingerprint density at radius 3 is 2.68 bits per heavy atom. The Morgan fingerprint density at radius 1 is 1.26 bits per heavy atom. The van der Waals surface area contributed by atoms with Crippen molar-refractivity contribution >= 4 is 22.8 Å². The maximum atomic E-state index is 13.8. The molecule has 0 spiro atoms. The molecule has 3 rings (SSSR count). The van der Waals surface area contributed by atoms with Gasteiger partial charge >= 0.3 is 0 Å². The minimum Gasteiger partial charge on any atom is -0.366 e. The highest BCUT2D eigenvalue weighted by molar-refractivity contribution is 6.04. The van der Waals surface area contributed by atoms with Crippen LogP contribution in [0.25, 0.3) is 11.0 Å². The molecule has 0 saturated carbocycles. The molecule has 0 radical (unpaired) electrons. The van der Waals surface area contributed by atoms with Crippen molar-refractivity contribution in [2.45, 2.75) is 32.6 Å². The minimum atomic E-state index is -0.718. The molecule has 9 heteroatoms. The van der Waals surface area contributed by atoms with E-state index in [-0.39, 0.29) is 29.0 Å². The Hall–Kier alpha value is -3.80. The van der Waals surface area contributed by atoms with Crippen LogP contribution in [0.1, 0.15) is 65.0 Å². The molecule has 2 aromatic heterocycles. The van der Waals surface area contributed by atoms with Crippen molar-refractivity contribution in [1.82, 2.24) is 25.5 Å². The van der Waals surface area contributed by atoms with E-state index in [2.05, 4.69) is 44.2 Å². The van der Waals surface area contributed by atoms with Gasteiger partial charge in [-0.3, -0.25) is 9.59 Å². The third kappa shape index (κ3) is 5.04. The molecule has 0 aliphatic carbocycles. The highest BCUT2D eigenvalue weighted by atomic mass is 19.1. The molecule has 160 valence electrons. The lowest BCUT2D eigenvalue weighted by molar-refractivity contribution is 0.0955. The first-order chi connectivity index (χ1) is 14.8. The van der Waals surface area contributed by atoms with E-state index >= 15 is 0 Å². The first kappa shape index (κ1) is 21.9. The molecule has 2 unspecified atom stereocenters. The van der Waals surface area contributed by atoms with E-state index in [9.17, 15) is 14.0 Å². The fourth-order valence-corrected chi connectivity index (χ4v) is 3.13. The molecular formula is C22H23FN6O2. The summed E-state index contributed by atoms with van der Waals surface area (Å²) in [7, 11) is 1.53. The van der Waals surface area contributed by atoms with Crippen LogP contribution in [-0.2, 0) is 0 Å². The summed E-state index contributed by atoms with van der Waals surface area (Å²) in [5.41, 5.74) is 6.96. The van der Waals surface area contributed by atoms with Gasteiger partial charge in [0.25, 0.3) is 11.8 Å².